The van der Waals surface area contributed by atoms with Gasteiger partial charge in [-0.2, -0.15) is 13.2 Å². The average molecular weight is 723 g/mol. The van der Waals surface area contributed by atoms with Gasteiger partial charge in [0.15, 0.2) is 0 Å². The first kappa shape index (κ1) is 40.1. The number of benzene rings is 1. The number of alkyl halides is 3. The third-order valence-electron chi connectivity index (χ3n) is 10.7. The van der Waals surface area contributed by atoms with E-state index >= 15 is 0 Å². The lowest BCUT2D eigenvalue weighted by Gasteiger charge is -2.51. The molecule has 1 aromatic carbocycles. The number of nitrogens with two attached hydrogens (primary N) is 3. The molecule has 0 bridgehead atoms. The Morgan fingerprint density at radius 3 is 2.49 bits per heavy atom. The lowest BCUT2D eigenvalue weighted by molar-refractivity contribution is -0.146. The van der Waals surface area contributed by atoms with Gasteiger partial charge in [0.2, 0.25) is 17.7 Å². The van der Waals surface area contributed by atoms with E-state index in [9.17, 15) is 27.6 Å². The number of anilines is 1. The Morgan fingerprint density at radius 1 is 1.08 bits per heavy atom. The van der Waals surface area contributed by atoms with Gasteiger partial charge in [0, 0.05) is 49.7 Å². The van der Waals surface area contributed by atoms with Crippen molar-refractivity contribution in [3.63, 3.8) is 0 Å². The molecule has 1 unspecified atom stereocenters. The molecule has 0 radical (unpaired) electrons. The molecule has 51 heavy (non-hydrogen) atoms. The van der Waals surface area contributed by atoms with Crippen LogP contribution in [0.2, 0.25) is 0 Å². The second-order valence-electron chi connectivity index (χ2n) is 13.9. The Bertz CT molecular complexity index is 1500. The van der Waals surface area contributed by atoms with Gasteiger partial charge in [-0.05, 0) is 103 Å². The predicted molar refractivity (Wildman–Crippen MR) is 186 cm³/mol. The number of nitrogens with zero attached hydrogens (tertiary/aromatic N) is 4. The van der Waals surface area contributed by atoms with Gasteiger partial charge in [-0.3, -0.25) is 25.2 Å². The van der Waals surface area contributed by atoms with Crippen molar-refractivity contribution in [2.45, 2.75) is 102 Å². The lowest BCUT2D eigenvalue weighted by atomic mass is 9.60. The summed E-state index contributed by atoms with van der Waals surface area (Å²) in [4.78, 5) is 53.3. The van der Waals surface area contributed by atoms with Crippen molar-refractivity contribution in [1.82, 2.24) is 30.6 Å². The van der Waals surface area contributed by atoms with Crippen molar-refractivity contribution in [2.75, 3.05) is 38.7 Å². The van der Waals surface area contributed by atoms with Crippen molar-refractivity contribution in [3.8, 4) is 0 Å². The Hall–Kier alpha value is -3.64. The fraction of sp³-hybridized carbons (Fsp3) is 0.676. The van der Waals surface area contributed by atoms with Crippen LogP contribution in [0.25, 0.3) is 10.9 Å². The van der Waals surface area contributed by atoms with Gasteiger partial charge in [0.25, 0.3) is 0 Å². The number of rotatable bonds is 17. The van der Waals surface area contributed by atoms with E-state index in [-0.39, 0.29) is 42.0 Å². The number of nitrogens with one attached hydrogen (secondary N) is 3. The number of hydrogen-bond donors (Lipinski definition) is 6. The summed E-state index contributed by atoms with van der Waals surface area (Å²) in [5, 5.41) is 3.26. The van der Waals surface area contributed by atoms with Crippen LogP contribution in [0.3, 0.4) is 0 Å². The molecular formula is C34H53F3N10O4. The van der Waals surface area contributed by atoms with Crippen molar-refractivity contribution < 1.29 is 32.3 Å². The van der Waals surface area contributed by atoms with Crippen LogP contribution < -0.4 is 33.6 Å². The highest BCUT2D eigenvalue weighted by atomic mass is 19.4. The molecule has 1 saturated carbocycles. The summed E-state index contributed by atoms with van der Waals surface area (Å²) in [5.74, 6) is 9.95. The minimum absolute atomic E-state index is 0.0370. The van der Waals surface area contributed by atoms with Gasteiger partial charge in [0.05, 0.1) is 16.5 Å². The monoisotopic (exact) mass is 722 g/mol. The van der Waals surface area contributed by atoms with Gasteiger partial charge in [0.1, 0.15) is 18.2 Å². The molecule has 284 valence electrons. The molecule has 5 atom stereocenters. The van der Waals surface area contributed by atoms with Crippen LogP contribution in [0.15, 0.2) is 24.5 Å². The third kappa shape index (κ3) is 9.43. The summed E-state index contributed by atoms with van der Waals surface area (Å²) < 4.78 is 46.5. The zero-order valence-corrected chi connectivity index (χ0v) is 29.7. The van der Waals surface area contributed by atoms with Crippen LogP contribution >= 0.6 is 0 Å². The third-order valence-corrected chi connectivity index (χ3v) is 10.7. The molecule has 1 aliphatic heterocycles. The number of fused-ring (bicyclic) bond motifs is 1. The van der Waals surface area contributed by atoms with E-state index in [4.69, 9.17) is 22.2 Å². The van der Waals surface area contributed by atoms with Crippen LogP contribution in [-0.2, 0) is 25.3 Å². The minimum Gasteiger partial charge on any atom is -0.381 e. The van der Waals surface area contributed by atoms with Gasteiger partial charge in [-0.15, -0.1) is 0 Å². The van der Waals surface area contributed by atoms with E-state index in [0.717, 1.165) is 18.6 Å². The molecular weight excluding hydrogens is 669 g/mol. The molecule has 1 saturated heterocycles. The van der Waals surface area contributed by atoms with Crippen molar-refractivity contribution in [3.05, 3.63) is 30.1 Å². The van der Waals surface area contributed by atoms with Gasteiger partial charge < -0.3 is 25.6 Å². The van der Waals surface area contributed by atoms with Crippen LogP contribution in [0.4, 0.5) is 19.0 Å². The van der Waals surface area contributed by atoms with Crippen LogP contribution in [0, 0.1) is 11.3 Å². The number of carbonyl (C=O) groups is 3. The highest BCUT2D eigenvalue weighted by Crippen LogP contribution is 2.49. The highest BCUT2D eigenvalue weighted by molar-refractivity contribution is 5.93. The fourth-order valence-corrected chi connectivity index (χ4v) is 7.79. The maximum atomic E-state index is 14.3. The summed E-state index contributed by atoms with van der Waals surface area (Å²) in [6, 6.07) is 2.36. The van der Waals surface area contributed by atoms with Gasteiger partial charge in [-0.1, -0.05) is 0 Å². The number of amides is 3. The molecule has 14 nitrogen and oxygen atoms in total. The maximum Gasteiger partial charge on any atom is 0.416 e. The smallest absolute Gasteiger partial charge is 0.381 e. The van der Waals surface area contributed by atoms with Crippen molar-refractivity contribution in [2.24, 2.45) is 28.8 Å². The Kier molecular flexibility index (Phi) is 13.9. The van der Waals surface area contributed by atoms with E-state index in [0.29, 0.717) is 70.3 Å². The summed E-state index contributed by atoms with van der Waals surface area (Å²) in [7, 11) is 2.04. The molecule has 2 aliphatic rings. The molecule has 1 aliphatic carbocycles. The van der Waals surface area contributed by atoms with E-state index in [1.54, 1.807) is 4.90 Å². The van der Waals surface area contributed by atoms with Gasteiger partial charge in [-0.25, -0.2) is 21.7 Å². The van der Waals surface area contributed by atoms with Crippen LogP contribution in [0.5, 0.6) is 0 Å². The minimum atomic E-state index is -4.57. The second kappa shape index (κ2) is 17.7. The zero-order chi connectivity index (χ0) is 37.3. The summed E-state index contributed by atoms with van der Waals surface area (Å²) in [6.45, 7) is 5.88. The van der Waals surface area contributed by atoms with Crippen LogP contribution in [-0.4, -0.2) is 95.0 Å². The molecule has 2 fully saturated rings. The zero-order valence-electron chi connectivity index (χ0n) is 29.7. The average Bonchev–Trinajstić information content (AvgIpc) is 3.48. The molecule has 1 aromatic heterocycles. The van der Waals surface area contributed by atoms with E-state index in [1.165, 1.54) is 12.4 Å². The topological polar surface area (TPSA) is 207 Å². The first-order chi connectivity index (χ1) is 24.3. The van der Waals surface area contributed by atoms with E-state index in [1.807, 2.05) is 7.05 Å². The van der Waals surface area contributed by atoms with E-state index in [2.05, 4.69) is 44.9 Å². The van der Waals surface area contributed by atoms with Crippen LogP contribution in [0.1, 0.15) is 77.2 Å². The maximum absolute atomic E-state index is 14.3. The molecule has 0 spiro atoms. The number of ether oxygens (including phenoxy) is 1. The standard InChI is InChI=1S/C34H53F3N10O4/c1-21(2)46(3)23-7-9-28(25(19-23)33(32(50)45-40,13-10-29(48)44-39)12-4-16-51-17-5-14-38)47-15-11-27(31(47)49)43-30-24-18-22(34(35,36)37)6-8-26(24)41-20-42-30/h6,8,18,20-21,23,25,27-28H,4-5,7,9-17,19,38-40H2,1-3H3,(H,44,48)(H,45,50)(H,41,42,43)/t23-,25+,27+,28+,33?/m1/s1. The SMILES string of the molecule is CC(C)N(C)[C@@H]1CC[C@H](N2CC[C@H](Nc3ncnc4ccc(C(F)(F)F)cc34)C2=O)[C@@H](C(CCCOCCCN)(CCC(=O)NN)C(=O)NN)C1. The molecule has 2 heterocycles. The molecule has 2 aromatic rings. The Balaban J connectivity index is 1.69. The molecule has 17 heteroatoms. The Morgan fingerprint density at radius 2 is 1.82 bits per heavy atom. The molecule has 4 rings (SSSR count). The first-order valence-electron chi connectivity index (χ1n) is 17.7. The first-order valence-corrected chi connectivity index (χ1v) is 17.7. The Labute approximate surface area is 296 Å². The fourth-order valence-electron chi connectivity index (χ4n) is 7.79. The number of carbonyl (C=O) groups excluding carboxylic acids is 3. The predicted octanol–water partition coefficient (Wildman–Crippen LogP) is 2.43. The normalized spacial score (nSPS) is 22.4. The number of hydrogen-bond acceptors (Lipinski definition) is 11. The quantitative estimate of drug-likeness (QED) is 0.0605. The second-order valence-corrected chi connectivity index (χ2v) is 13.9. The number of halogens is 3. The largest absolute Gasteiger partial charge is 0.416 e. The van der Waals surface area contributed by atoms with Gasteiger partial charge >= 0.3 is 6.18 Å². The highest BCUT2D eigenvalue weighted by Gasteiger charge is 2.54. The molecule has 3 amide bonds. The van der Waals surface area contributed by atoms with Crippen molar-refractivity contribution >= 4 is 34.4 Å². The summed E-state index contributed by atoms with van der Waals surface area (Å²) in [6.07, 6.45) is 0.585. The number of hydrazine groups is 2. The lowest BCUT2D eigenvalue weighted by Crippen LogP contribution is -2.60. The summed E-state index contributed by atoms with van der Waals surface area (Å²) >= 11 is 0. The van der Waals surface area contributed by atoms with E-state index < -0.39 is 47.0 Å². The number of likely N-dealkylation sites (tertiary alicyclic amines) is 1. The van der Waals surface area contributed by atoms with Crippen molar-refractivity contribution in [1.29, 1.82) is 0 Å². The summed E-state index contributed by atoms with van der Waals surface area (Å²) in [5.41, 5.74) is 8.46. The number of aromatic nitrogens is 2. The molecule has 9 N–H and O–H groups in total.